The van der Waals surface area contributed by atoms with E-state index in [2.05, 4.69) is 21.1 Å². The second-order valence-electron chi connectivity index (χ2n) is 5.20. The van der Waals surface area contributed by atoms with Gasteiger partial charge in [-0.25, -0.2) is 9.79 Å². The number of fused-ring (bicyclic) bond motifs is 1. The van der Waals surface area contributed by atoms with Gasteiger partial charge in [0.15, 0.2) is 0 Å². The van der Waals surface area contributed by atoms with Crippen molar-refractivity contribution in [2.45, 2.75) is 24.8 Å². The zero-order valence-corrected chi connectivity index (χ0v) is 11.3. The van der Waals surface area contributed by atoms with E-state index in [9.17, 15) is 4.79 Å². The van der Waals surface area contributed by atoms with Crippen LogP contribution < -0.4 is 11.1 Å². The molecule has 1 amide bonds. The van der Waals surface area contributed by atoms with Crippen molar-refractivity contribution in [3.8, 4) is 0 Å². The molecule has 0 unspecified atom stereocenters. The summed E-state index contributed by atoms with van der Waals surface area (Å²) in [5, 5.41) is 2.75. The maximum absolute atomic E-state index is 11.4. The number of amides is 1. The molecule has 2 aliphatic rings. The molecule has 3 rings (SSSR count). The van der Waals surface area contributed by atoms with Gasteiger partial charge in [0.1, 0.15) is 12.1 Å². The Morgan fingerprint density at radius 3 is 3.10 bits per heavy atom. The summed E-state index contributed by atoms with van der Waals surface area (Å²) >= 11 is 0. The van der Waals surface area contributed by atoms with Crippen LogP contribution in [0.25, 0.3) is 0 Å². The second kappa shape index (κ2) is 4.70. The van der Waals surface area contributed by atoms with Gasteiger partial charge in [-0.2, -0.15) is 0 Å². The molecule has 3 N–H and O–H groups in total. The number of carbonyl (C=O) groups excluding carboxylic acids is 1. The Hall–Kier alpha value is -2.24. The molecule has 20 heavy (non-hydrogen) atoms. The Morgan fingerprint density at radius 2 is 2.40 bits per heavy atom. The Bertz CT molecular complexity index is 585. The quantitative estimate of drug-likeness (QED) is 0.812. The first kappa shape index (κ1) is 12.8. The molecule has 1 spiro atoms. The lowest BCUT2D eigenvalue weighted by atomic mass is 9.78. The van der Waals surface area contributed by atoms with E-state index in [-0.39, 0.29) is 11.6 Å². The Balaban J connectivity index is 1.88. The minimum atomic E-state index is -0.454. The van der Waals surface area contributed by atoms with Gasteiger partial charge >= 0.3 is 6.09 Å². The molecule has 0 aromatic heterocycles. The summed E-state index contributed by atoms with van der Waals surface area (Å²) in [6.45, 7) is 0.535. The topological polar surface area (TPSA) is 85.9 Å². The number of hydrogen-bond donors (Lipinski definition) is 2. The maximum Gasteiger partial charge on any atom is 0.411 e. The van der Waals surface area contributed by atoms with Gasteiger partial charge in [0.2, 0.25) is 0 Å². The van der Waals surface area contributed by atoms with Gasteiger partial charge in [-0.1, -0.05) is 12.1 Å². The van der Waals surface area contributed by atoms with E-state index in [1.807, 2.05) is 12.1 Å². The molecule has 1 aromatic rings. The monoisotopic (exact) mass is 275 g/mol. The number of amidine groups is 1. The van der Waals surface area contributed by atoms with Crippen molar-refractivity contribution in [1.29, 1.82) is 0 Å². The van der Waals surface area contributed by atoms with E-state index < -0.39 is 6.09 Å². The van der Waals surface area contributed by atoms with Crippen LogP contribution in [-0.4, -0.2) is 31.4 Å². The average Bonchev–Trinajstić information content (AvgIpc) is 2.79. The van der Waals surface area contributed by atoms with Crippen molar-refractivity contribution >= 4 is 17.8 Å². The number of carbonyl (C=O) groups is 1. The highest BCUT2D eigenvalue weighted by molar-refractivity contribution is 5.86. The molecule has 106 valence electrons. The SMILES string of the molecule is COC(=O)Nc1cccc2c1CC[C@]1(COC(N)=N1)C2. The lowest BCUT2D eigenvalue weighted by Crippen LogP contribution is -2.36. The van der Waals surface area contributed by atoms with Crippen LogP contribution in [0.2, 0.25) is 0 Å². The number of nitrogens with one attached hydrogen (secondary N) is 1. The molecular weight excluding hydrogens is 258 g/mol. The Labute approximate surface area is 117 Å². The van der Waals surface area contributed by atoms with Crippen LogP contribution in [-0.2, 0) is 22.3 Å². The van der Waals surface area contributed by atoms with Crippen molar-refractivity contribution in [2.24, 2.45) is 10.7 Å². The number of nitrogens with two attached hydrogens (primary N) is 1. The average molecular weight is 275 g/mol. The summed E-state index contributed by atoms with van der Waals surface area (Å²) in [7, 11) is 1.35. The molecule has 1 aliphatic carbocycles. The molecule has 6 heteroatoms. The van der Waals surface area contributed by atoms with Gasteiger partial charge in [-0.15, -0.1) is 0 Å². The molecule has 1 atom stereocenters. The van der Waals surface area contributed by atoms with Crippen LogP contribution in [0.4, 0.5) is 10.5 Å². The van der Waals surface area contributed by atoms with Crippen LogP contribution >= 0.6 is 0 Å². The highest BCUT2D eigenvalue weighted by Gasteiger charge is 2.39. The van der Waals surface area contributed by atoms with E-state index in [1.165, 1.54) is 12.7 Å². The Morgan fingerprint density at radius 1 is 1.55 bits per heavy atom. The third-order valence-corrected chi connectivity index (χ3v) is 3.89. The smallest absolute Gasteiger partial charge is 0.411 e. The van der Waals surface area contributed by atoms with Gasteiger partial charge in [0, 0.05) is 12.1 Å². The predicted molar refractivity (Wildman–Crippen MR) is 74.8 cm³/mol. The molecule has 0 fully saturated rings. The van der Waals surface area contributed by atoms with Crippen LogP contribution in [0.15, 0.2) is 23.2 Å². The highest BCUT2D eigenvalue weighted by atomic mass is 16.5. The summed E-state index contributed by atoms with van der Waals surface area (Å²) in [5.74, 6) is 0. The standard InChI is InChI=1S/C14H17N3O3/c1-19-13(18)16-11-4-2-3-9-7-14(6-5-10(9)11)8-20-12(15)17-14/h2-4H,5-8H2,1H3,(H2,15,17)(H,16,18)/t14-/m1/s1. The van der Waals surface area contributed by atoms with E-state index >= 15 is 0 Å². The third kappa shape index (κ3) is 2.17. The second-order valence-corrected chi connectivity index (χ2v) is 5.20. The van der Waals surface area contributed by atoms with Crippen molar-refractivity contribution in [3.63, 3.8) is 0 Å². The maximum atomic E-state index is 11.4. The van der Waals surface area contributed by atoms with Crippen molar-refractivity contribution in [1.82, 2.24) is 0 Å². The fraction of sp³-hybridized carbons (Fsp3) is 0.429. The number of rotatable bonds is 1. The molecule has 1 aliphatic heterocycles. The minimum Gasteiger partial charge on any atom is -0.463 e. The normalized spacial score (nSPS) is 23.8. The molecule has 1 heterocycles. The summed E-state index contributed by atoms with van der Waals surface area (Å²) in [4.78, 5) is 15.8. The molecule has 1 aromatic carbocycles. The van der Waals surface area contributed by atoms with Gasteiger partial charge in [-0.05, 0) is 30.0 Å². The van der Waals surface area contributed by atoms with Gasteiger partial charge in [0.25, 0.3) is 6.02 Å². The molecule has 0 bridgehead atoms. The highest BCUT2D eigenvalue weighted by Crippen LogP contribution is 2.37. The van der Waals surface area contributed by atoms with E-state index in [4.69, 9.17) is 10.5 Å². The number of benzene rings is 1. The number of hydrogen-bond acceptors (Lipinski definition) is 5. The fourth-order valence-electron chi connectivity index (χ4n) is 2.90. The summed E-state index contributed by atoms with van der Waals surface area (Å²) < 4.78 is 9.96. The summed E-state index contributed by atoms with van der Waals surface area (Å²) in [6, 6.07) is 6.14. The van der Waals surface area contributed by atoms with Crippen molar-refractivity contribution in [2.75, 3.05) is 19.0 Å². The number of aliphatic imine (C=N–C) groups is 1. The zero-order valence-electron chi connectivity index (χ0n) is 11.3. The number of ether oxygens (including phenoxy) is 2. The Kier molecular flexibility index (Phi) is 3.00. The van der Waals surface area contributed by atoms with Crippen LogP contribution in [0.3, 0.4) is 0 Å². The van der Waals surface area contributed by atoms with Crippen LogP contribution in [0, 0.1) is 0 Å². The van der Waals surface area contributed by atoms with Gasteiger partial charge < -0.3 is 15.2 Å². The summed E-state index contributed by atoms with van der Waals surface area (Å²) in [6.07, 6.45) is 2.01. The molecule has 6 nitrogen and oxygen atoms in total. The lowest BCUT2D eigenvalue weighted by Gasteiger charge is -2.31. The fourth-order valence-corrected chi connectivity index (χ4v) is 2.90. The summed E-state index contributed by atoms with van der Waals surface area (Å²) in [5.41, 5.74) is 8.51. The first-order valence-electron chi connectivity index (χ1n) is 6.56. The van der Waals surface area contributed by atoms with Crippen molar-refractivity contribution < 1.29 is 14.3 Å². The molecular formula is C14H17N3O3. The largest absolute Gasteiger partial charge is 0.463 e. The van der Waals surface area contributed by atoms with Gasteiger partial charge in [-0.3, -0.25) is 5.32 Å². The minimum absolute atomic E-state index is 0.235. The van der Waals surface area contributed by atoms with Crippen LogP contribution in [0.5, 0.6) is 0 Å². The predicted octanol–water partition coefficient (Wildman–Crippen LogP) is 1.44. The number of methoxy groups -OCH3 is 1. The zero-order chi connectivity index (χ0) is 14.2. The number of anilines is 1. The number of nitrogens with zero attached hydrogens (tertiary/aromatic N) is 1. The van der Waals surface area contributed by atoms with Gasteiger partial charge in [0.05, 0.1) is 7.11 Å². The third-order valence-electron chi connectivity index (χ3n) is 3.89. The van der Waals surface area contributed by atoms with E-state index in [0.717, 1.165) is 30.5 Å². The molecule has 0 radical (unpaired) electrons. The van der Waals surface area contributed by atoms with Crippen LogP contribution in [0.1, 0.15) is 17.5 Å². The first-order chi connectivity index (χ1) is 9.62. The molecule has 0 saturated carbocycles. The first-order valence-corrected chi connectivity index (χ1v) is 6.56. The van der Waals surface area contributed by atoms with Crippen molar-refractivity contribution in [3.05, 3.63) is 29.3 Å². The van der Waals surface area contributed by atoms with E-state index in [0.29, 0.717) is 6.61 Å². The van der Waals surface area contributed by atoms with E-state index in [1.54, 1.807) is 0 Å². The lowest BCUT2D eigenvalue weighted by molar-refractivity contribution is 0.187. The molecule has 0 saturated heterocycles.